The second-order valence-electron chi connectivity index (χ2n) is 6.62. The van der Waals surface area contributed by atoms with Gasteiger partial charge in [-0.2, -0.15) is 0 Å². The number of hydrogen-bond donors (Lipinski definition) is 4. The first-order valence-electron chi connectivity index (χ1n) is 8.67. The molecule has 0 aliphatic carbocycles. The van der Waals surface area contributed by atoms with Crippen molar-refractivity contribution in [1.29, 1.82) is 0 Å². The van der Waals surface area contributed by atoms with Gasteiger partial charge in [0.05, 0.1) is 0 Å². The second-order valence-corrected chi connectivity index (χ2v) is 8.55. The van der Waals surface area contributed by atoms with Crippen LogP contribution in [0.4, 0.5) is 5.69 Å². The van der Waals surface area contributed by atoms with Gasteiger partial charge in [-0.3, -0.25) is 0 Å². The zero-order chi connectivity index (χ0) is 17.7. The zero-order valence-electron chi connectivity index (χ0n) is 14.4. The van der Waals surface area contributed by atoms with E-state index in [-0.39, 0.29) is 32.5 Å². The SMILES string of the molecule is Cl.Nc1c(-c2nc3nc(C4CCNCC4)ccc3[nH]2)c(=O)[nH]c2cc[se]c12. The van der Waals surface area contributed by atoms with Crippen LogP contribution in [0.2, 0.25) is 0 Å². The van der Waals surface area contributed by atoms with Crippen molar-refractivity contribution in [1.82, 2.24) is 25.3 Å². The average molecular weight is 450 g/mol. The molecule has 7 nitrogen and oxygen atoms in total. The van der Waals surface area contributed by atoms with Crippen LogP contribution in [0.1, 0.15) is 24.5 Å². The van der Waals surface area contributed by atoms with Crippen LogP contribution in [0, 0.1) is 0 Å². The first kappa shape index (κ1) is 18.3. The second kappa shape index (κ2) is 7.13. The zero-order valence-corrected chi connectivity index (χ0v) is 16.9. The summed E-state index contributed by atoms with van der Waals surface area (Å²) in [5, 5.41) is 3.37. The van der Waals surface area contributed by atoms with E-state index in [2.05, 4.69) is 31.3 Å². The Hall–Kier alpha value is -2.12. The molecule has 0 spiro atoms. The summed E-state index contributed by atoms with van der Waals surface area (Å²) in [6.07, 6.45) is 2.17. The van der Waals surface area contributed by atoms with Crippen molar-refractivity contribution in [3.63, 3.8) is 0 Å². The minimum atomic E-state index is -0.221. The molecule has 9 heteroatoms. The molecule has 5 rings (SSSR count). The number of anilines is 1. The van der Waals surface area contributed by atoms with Crippen molar-refractivity contribution < 1.29 is 0 Å². The number of halogens is 1. The summed E-state index contributed by atoms with van der Waals surface area (Å²) in [5.41, 5.74) is 10.4. The molecule has 140 valence electrons. The Labute approximate surface area is 167 Å². The number of rotatable bonds is 2. The molecular formula is C18H19ClN6OSe. The van der Waals surface area contributed by atoms with E-state index in [1.165, 1.54) is 0 Å². The molecule has 0 aromatic carbocycles. The van der Waals surface area contributed by atoms with Crippen LogP contribution in [-0.4, -0.2) is 47.5 Å². The number of pyridine rings is 2. The summed E-state index contributed by atoms with van der Waals surface area (Å²) in [5.74, 6) is 0.947. The molecule has 1 saturated heterocycles. The van der Waals surface area contributed by atoms with Gasteiger partial charge in [0.2, 0.25) is 0 Å². The van der Waals surface area contributed by atoms with Gasteiger partial charge in [-0.1, -0.05) is 0 Å². The molecule has 27 heavy (non-hydrogen) atoms. The molecule has 1 aliphatic heterocycles. The van der Waals surface area contributed by atoms with Crippen molar-refractivity contribution >= 4 is 53.5 Å². The summed E-state index contributed by atoms with van der Waals surface area (Å²) in [6, 6.07) is 5.98. The molecule has 4 aromatic heterocycles. The number of nitrogens with two attached hydrogens (primary N) is 1. The van der Waals surface area contributed by atoms with Gasteiger partial charge in [-0.05, 0) is 0 Å². The van der Waals surface area contributed by atoms with Crippen LogP contribution >= 0.6 is 12.4 Å². The number of piperidine rings is 1. The first-order valence-corrected chi connectivity index (χ1v) is 10.5. The quantitative estimate of drug-likeness (QED) is 0.350. The van der Waals surface area contributed by atoms with Gasteiger partial charge >= 0.3 is 155 Å². The number of nitrogen functional groups attached to an aromatic ring is 1. The van der Waals surface area contributed by atoms with Gasteiger partial charge in [0.25, 0.3) is 0 Å². The fourth-order valence-electron chi connectivity index (χ4n) is 3.64. The van der Waals surface area contributed by atoms with Crippen LogP contribution in [0.25, 0.3) is 32.3 Å². The maximum atomic E-state index is 12.5. The topological polar surface area (TPSA) is 112 Å². The third kappa shape index (κ3) is 3.08. The van der Waals surface area contributed by atoms with Crippen molar-refractivity contribution in [2.75, 3.05) is 18.8 Å². The number of H-pyrrole nitrogens is 2. The van der Waals surface area contributed by atoms with Crippen molar-refractivity contribution in [3.05, 3.63) is 39.2 Å². The van der Waals surface area contributed by atoms with Crippen LogP contribution < -0.4 is 16.6 Å². The first-order chi connectivity index (χ1) is 12.7. The molecule has 4 aromatic rings. The summed E-state index contributed by atoms with van der Waals surface area (Å²) in [7, 11) is 0. The molecule has 0 amide bonds. The predicted octanol–water partition coefficient (Wildman–Crippen LogP) is 1.99. The van der Waals surface area contributed by atoms with Crippen LogP contribution in [0.3, 0.4) is 0 Å². The summed E-state index contributed by atoms with van der Waals surface area (Å²) >= 11 is 0.144. The van der Waals surface area contributed by atoms with Gasteiger partial charge < -0.3 is 0 Å². The average Bonchev–Trinajstić information content (AvgIpc) is 3.28. The fourth-order valence-corrected chi connectivity index (χ4v) is 5.35. The summed E-state index contributed by atoms with van der Waals surface area (Å²) < 4.78 is 1.01. The summed E-state index contributed by atoms with van der Waals surface area (Å²) in [4.78, 5) is 30.1. The van der Waals surface area contributed by atoms with Gasteiger partial charge in [0, 0.05) is 0 Å². The Bertz CT molecular complexity index is 1170. The van der Waals surface area contributed by atoms with Crippen molar-refractivity contribution in [3.8, 4) is 11.4 Å². The third-order valence-corrected chi connectivity index (χ3v) is 7.00. The Balaban J connectivity index is 0.00000180. The molecule has 5 N–H and O–H groups in total. The van der Waals surface area contributed by atoms with Gasteiger partial charge in [-0.25, -0.2) is 0 Å². The van der Waals surface area contributed by atoms with Crippen LogP contribution in [0.15, 0.2) is 27.9 Å². The number of nitrogens with one attached hydrogen (secondary N) is 3. The van der Waals surface area contributed by atoms with E-state index in [0.29, 0.717) is 28.6 Å². The van der Waals surface area contributed by atoms with E-state index in [9.17, 15) is 4.79 Å². The third-order valence-electron chi connectivity index (χ3n) is 5.02. The number of fused-ring (bicyclic) bond motifs is 2. The van der Waals surface area contributed by atoms with Crippen molar-refractivity contribution in [2.45, 2.75) is 18.8 Å². The molecule has 1 aliphatic rings. The van der Waals surface area contributed by atoms with Crippen molar-refractivity contribution in [2.24, 2.45) is 0 Å². The van der Waals surface area contributed by atoms with E-state index in [1.807, 2.05) is 12.1 Å². The fraction of sp³-hybridized carbons (Fsp3) is 0.278. The molecule has 0 bridgehead atoms. The molecule has 0 saturated carbocycles. The van der Waals surface area contributed by atoms with E-state index in [0.717, 1.165) is 46.9 Å². The van der Waals surface area contributed by atoms with E-state index < -0.39 is 0 Å². The molecule has 0 atom stereocenters. The number of nitrogens with zero attached hydrogens (tertiary/aromatic N) is 2. The van der Waals surface area contributed by atoms with E-state index in [4.69, 9.17) is 10.7 Å². The molecule has 1 fully saturated rings. The molecule has 0 unspecified atom stereocenters. The van der Waals surface area contributed by atoms with Gasteiger partial charge in [0.1, 0.15) is 0 Å². The van der Waals surface area contributed by atoms with E-state index in [1.54, 1.807) is 0 Å². The standard InChI is InChI=1S/C18H18N6OSe.ClH/c19-14-13(18(25)23-11-5-8-26-15(11)14)17-22-12-2-1-10(21-16(12)24-17)9-3-6-20-7-4-9;/h1-2,5,8-9,20H,3-4,6-7H2,(H3,19,23,25)(H,21,22,24);1H. The Morgan fingerprint density at radius 2 is 1.89 bits per heavy atom. The minimum absolute atomic E-state index is 0. The Kier molecular flexibility index (Phi) is 4.82. The Morgan fingerprint density at radius 3 is 2.70 bits per heavy atom. The number of aromatic amines is 2. The molecule has 5 heterocycles. The number of imidazole rings is 1. The Morgan fingerprint density at radius 1 is 1.07 bits per heavy atom. The molecule has 0 radical (unpaired) electrons. The van der Waals surface area contributed by atoms with Crippen LogP contribution in [-0.2, 0) is 0 Å². The predicted molar refractivity (Wildman–Crippen MR) is 111 cm³/mol. The number of hydrogen-bond acceptors (Lipinski definition) is 5. The van der Waals surface area contributed by atoms with Gasteiger partial charge in [0.15, 0.2) is 0 Å². The molecular weight excluding hydrogens is 431 g/mol. The van der Waals surface area contributed by atoms with Gasteiger partial charge in [-0.15, -0.1) is 12.4 Å². The normalized spacial score (nSPS) is 15.3. The monoisotopic (exact) mass is 450 g/mol. The number of aromatic nitrogens is 4. The summed E-state index contributed by atoms with van der Waals surface area (Å²) in [6.45, 7) is 2.04. The van der Waals surface area contributed by atoms with E-state index >= 15 is 0 Å². The van der Waals surface area contributed by atoms with Crippen LogP contribution in [0.5, 0.6) is 0 Å². The maximum absolute atomic E-state index is 12.5.